The quantitative estimate of drug-likeness (QED) is 0.916. The van der Waals surface area contributed by atoms with E-state index in [1.165, 1.54) is 6.07 Å². The van der Waals surface area contributed by atoms with Gasteiger partial charge in [-0.1, -0.05) is 22.0 Å². The molecule has 1 heterocycles. The molecule has 0 atom stereocenters. The van der Waals surface area contributed by atoms with Crippen LogP contribution in [0.1, 0.15) is 16.1 Å². The van der Waals surface area contributed by atoms with E-state index in [2.05, 4.69) is 26.2 Å². The summed E-state index contributed by atoms with van der Waals surface area (Å²) in [5.41, 5.74) is 1.00. The Labute approximate surface area is 113 Å². The number of aromatic hydroxyl groups is 1. The maximum absolute atomic E-state index is 11.9. The van der Waals surface area contributed by atoms with Gasteiger partial charge >= 0.3 is 0 Å². The lowest BCUT2D eigenvalue weighted by Gasteiger charge is -2.06. The molecule has 0 saturated carbocycles. The smallest absolute Gasteiger partial charge is 0.255 e. The number of nitrogens with zero attached hydrogens (tertiary/aromatic N) is 1. The predicted molar refractivity (Wildman–Crippen MR) is 71.2 cm³/mol. The van der Waals surface area contributed by atoms with Crippen LogP contribution in [0.4, 0.5) is 0 Å². The molecule has 1 amide bonds. The maximum Gasteiger partial charge on any atom is 0.255 e. The largest absolute Gasteiger partial charge is 0.507 e. The fourth-order valence-corrected chi connectivity index (χ4v) is 1.82. The Balaban J connectivity index is 2.06. The van der Waals surface area contributed by atoms with Gasteiger partial charge in [0.15, 0.2) is 0 Å². The van der Waals surface area contributed by atoms with Gasteiger partial charge in [-0.15, -0.1) is 0 Å². The summed E-state index contributed by atoms with van der Waals surface area (Å²) < 4.78 is 0.739. The number of carbonyl (C=O) groups excluding carboxylic acids is 1. The first-order chi connectivity index (χ1) is 8.66. The van der Waals surface area contributed by atoms with Gasteiger partial charge in [0.2, 0.25) is 0 Å². The third-order valence-electron chi connectivity index (χ3n) is 2.36. The Morgan fingerprint density at radius 2 is 2.17 bits per heavy atom. The van der Waals surface area contributed by atoms with E-state index in [9.17, 15) is 9.90 Å². The molecule has 0 unspecified atom stereocenters. The zero-order valence-electron chi connectivity index (χ0n) is 9.43. The van der Waals surface area contributed by atoms with Crippen molar-refractivity contribution in [3.8, 4) is 5.75 Å². The molecule has 92 valence electrons. The van der Waals surface area contributed by atoms with E-state index < -0.39 is 0 Å². The van der Waals surface area contributed by atoms with Crippen LogP contribution in [0.3, 0.4) is 0 Å². The molecule has 0 bridgehead atoms. The van der Waals surface area contributed by atoms with Crippen molar-refractivity contribution < 1.29 is 9.90 Å². The third kappa shape index (κ3) is 3.07. The molecule has 5 heteroatoms. The van der Waals surface area contributed by atoms with Crippen LogP contribution >= 0.6 is 15.9 Å². The number of hydrogen-bond acceptors (Lipinski definition) is 3. The first-order valence-corrected chi connectivity index (χ1v) is 6.13. The van der Waals surface area contributed by atoms with Crippen LogP contribution < -0.4 is 5.32 Å². The number of halogens is 1. The molecule has 0 aliphatic heterocycles. The van der Waals surface area contributed by atoms with Gasteiger partial charge in [0, 0.05) is 10.7 Å². The number of pyridine rings is 1. The van der Waals surface area contributed by atoms with Gasteiger partial charge in [-0.2, -0.15) is 0 Å². The van der Waals surface area contributed by atoms with Gasteiger partial charge in [-0.25, -0.2) is 0 Å². The molecule has 0 fully saturated rings. The van der Waals surface area contributed by atoms with Crippen LogP contribution in [-0.2, 0) is 6.54 Å². The Kier molecular flexibility index (Phi) is 3.94. The van der Waals surface area contributed by atoms with Gasteiger partial charge in [-0.05, 0) is 30.3 Å². The number of hydrogen-bond donors (Lipinski definition) is 2. The van der Waals surface area contributed by atoms with Crippen LogP contribution in [0.5, 0.6) is 5.75 Å². The summed E-state index contributed by atoms with van der Waals surface area (Å²) in [6.45, 7) is 0.325. The highest BCUT2D eigenvalue weighted by Gasteiger charge is 2.11. The Bertz CT molecular complexity index is 558. The number of phenolic OH excluding ortho intramolecular Hbond substituents is 1. The summed E-state index contributed by atoms with van der Waals surface area (Å²) in [6, 6.07) is 10.2. The van der Waals surface area contributed by atoms with Crippen molar-refractivity contribution in [1.29, 1.82) is 0 Å². The summed E-state index contributed by atoms with van der Waals surface area (Å²) in [5.74, 6) is -0.379. The second kappa shape index (κ2) is 5.64. The van der Waals surface area contributed by atoms with Crippen LogP contribution in [0.25, 0.3) is 0 Å². The minimum absolute atomic E-state index is 0.0447. The zero-order valence-corrected chi connectivity index (χ0v) is 11.0. The zero-order chi connectivity index (χ0) is 13.0. The molecular weight excluding hydrogens is 296 g/mol. The van der Waals surface area contributed by atoms with Crippen LogP contribution in [-0.4, -0.2) is 16.0 Å². The number of aromatic nitrogens is 1. The van der Waals surface area contributed by atoms with Gasteiger partial charge in [0.05, 0.1) is 17.8 Å². The van der Waals surface area contributed by atoms with Crippen molar-refractivity contribution in [2.45, 2.75) is 6.54 Å². The van der Waals surface area contributed by atoms with Gasteiger partial charge in [-0.3, -0.25) is 9.78 Å². The Morgan fingerprint density at radius 3 is 2.89 bits per heavy atom. The number of nitrogens with one attached hydrogen (secondary N) is 1. The van der Waals surface area contributed by atoms with Gasteiger partial charge < -0.3 is 10.4 Å². The summed E-state index contributed by atoms with van der Waals surface area (Å²) in [7, 11) is 0. The fraction of sp³-hybridized carbons (Fsp3) is 0.0769. The number of rotatable bonds is 3. The molecular formula is C13H11BrN2O2. The van der Waals surface area contributed by atoms with E-state index in [1.54, 1.807) is 18.3 Å². The van der Waals surface area contributed by atoms with Crippen molar-refractivity contribution in [2.24, 2.45) is 0 Å². The second-order valence-electron chi connectivity index (χ2n) is 3.67. The fourth-order valence-electron chi connectivity index (χ4n) is 1.46. The summed E-state index contributed by atoms with van der Waals surface area (Å²) in [4.78, 5) is 16.0. The lowest BCUT2D eigenvalue weighted by Crippen LogP contribution is -2.23. The van der Waals surface area contributed by atoms with Crippen LogP contribution in [0, 0.1) is 0 Å². The van der Waals surface area contributed by atoms with Gasteiger partial charge in [0.25, 0.3) is 5.91 Å². The Hall–Kier alpha value is -1.88. The minimum atomic E-state index is -0.334. The summed E-state index contributed by atoms with van der Waals surface area (Å²) >= 11 is 3.26. The van der Waals surface area contributed by atoms with E-state index in [1.807, 2.05) is 18.2 Å². The number of phenols is 1. The highest BCUT2D eigenvalue weighted by atomic mass is 79.9. The van der Waals surface area contributed by atoms with Crippen LogP contribution in [0.15, 0.2) is 47.1 Å². The number of benzene rings is 1. The average Bonchev–Trinajstić information content (AvgIpc) is 2.40. The lowest BCUT2D eigenvalue weighted by atomic mass is 10.2. The first-order valence-electron chi connectivity index (χ1n) is 5.33. The van der Waals surface area contributed by atoms with Crippen molar-refractivity contribution in [2.75, 3.05) is 0 Å². The predicted octanol–water partition coefficient (Wildman–Crippen LogP) is 2.48. The highest BCUT2D eigenvalue weighted by Crippen LogP contribution is 2.21. The lowest BCUT2D eigenvalue weighted by molar-refractivity contribution is 0.0947. The van der Waals surface area contributed by atoms with E-state index >= 15 is 0 Å². The van der Waals surface area contributed by atoms with E-state index in [4.69, 9.17) is 0 Å². The topological polar surface area (TPSA) is 62.2 Å². The van der Waals surface area contributed by atoms with E-state index in [0.29, 0.717) is 6.54 Å². The molecule has 2 rings (SSSR count). The molecule has 0 spiro atoms. The molecule has 2 aromatic rings. The standard InChI is InChI=1S/C13H11BrN2O2/c14-9-4-5-12(17)11(7-9)13(18)16-8-10-3-1-2-6-15-10/h1-7,17H,8H2,(H,16,18). The van der Waals surface area contributed by atoms with Crippen molar-refractivity contribution in [3.05, 3.63) is 58.3 Å². The molecule has 18 heavy (non-hydrogen) atoms. The Morgan fingerprint density at radius 1 is 1.33 bits per heavy atom. The molecule has 0 radical (unpaired) electrons. The molecule has 0 saturated heterocycles. The monoisotopic (exact) mass is 306 g/mol. The maximum atomic E-state index is 11.9. The minimum Gasteiger partial charge on any atom is -0.507 e. The molecule has 2 N–H and O–H groups in total. The first kappa shape index (κ1) is 12.6. The second-order valence-corrected chi connectivity index (χ2v) is 4.58. The van der Waals surface area contributed by atoms with E-state index in [0.717, 1.165) is 10.2 Å². The van der Waals surface area contributed by atoms with Crippen molar-refractivity contribution >= 4 is 21.8 Å². The normalized spacial score (nSPS) is 10.1. The summed E-state index contributed by atoms with van der Waals surface area (Å²) in [6.07, 6.45) is 1.66. The summed E-state index contributed by atoms with van der Waals surface area (Å²) in [5, 5.41) is 12.3. The molecule has 1 aromatic heterocycles. The highest BCUT2D eigenvalue weighted by molar-refractivity contribution is 9.10. The SMILES string of the molecule is O=C(NCc1ccccn1)c1cc(Br)ccc1O. The van der Waals surface area contributed by atoms with Gasteiger partial charge in [0.1, 0.15) is 5.75 Å². The third-order valence-corrected chi connectivity index (χ3v) is 2.85. The molecule has 0 aliphatic rings. The van der Waals surface area contributed by atoms with Crippen LogP contribution in [0.2, 0.25) is 0 Å². The number of amides is 1. The molecule has 4 nitrogen and oxygen atoms in total. The van der Waals surface area contributed by atoms with E-state index in [-0.39, 0.29) is 17.2 Å². The number of carbonyl (C=O) groups is 1. The average molecular weight is 307 g/mol. The van der Waals surface area contributed by atoms with Crippen molar-refractivity contribution in [3.63, 3.8) is 0 Å². The van der Waals surface area contributed by atoms with Crippen molar-refractivity contribution in [1.82, 2.24) is 10.3 Å². The molecule has 1 aromatic carbocycles. The molecule has 0 aliphatic carbocycles.